The molecule has 1 radical (unpaired) electrons. The number of aryl methyl sites for hydroxylation is 1. The molecule has 0 aliphatic carbocycles. The number of likely N-dealkylation sites (N-methyl/N-ethyl adjacent to an activating group) is 1. The van der Waals surface area contributed by atoms with Gasteiger partial charge in [0, 0.05) is 13.1 Å². The molecule has 2 aromatic carbocycles. The molecule has 0 saturated carbocycles. The number of fused-ring (bicyclic) bond motifs is 2. The molecular weight excluding hydrogens is 507 g/mol. The average Bonchev–Trinajstić information content (AvgIpc) is 3.06. The van der Waals surface area contributed by atoms with Crippen molar-refractivity contribution in [3.8, 4) is 0 Å². The molecule has 0 N–H and O–H groups in total. The van der Waals surface area contributed by atoms with Gasteiger partial charge in [0.2, 0.25) is 5.84 Å². The Labute approximate surface area is 184 Å². The number of aromatic nitrogens is 2. The summed E-state index contributed by atoms with van der Waals surface area (Å²) in [5.74, 6) is 1.78. The van der Waals surface area contributed by atoms with Gasteiger partial charge in [-0.2, -0.15) is 14.5 Å². The fraction of sp³-hybridized carbons (Fsp3) is 0.167. The van der Waals surface area contributed by atoms with E-state index in [9.17, 15) is 0 Å². The minimum atomic E-state index is 0. The quantitative estimate of drug-likeness (QED) is 0.220. The molecule has 0 spiro atoms. The predicted molar refractivity (Wildman–Crippen MR) is 92.9 cm³/mol. The van der Waals surface area contributed by atoms with E-state index >= 15 is 0 Å². The van der Waals surface area contributed by atoms with Crippen LogP contribution >= 0.6 is 0 Å². The molecule has 1 atom stereocenters. The van der Waals surface area contributed by atoms with Crippen molar-refractivity contribution >= 4 is 34.2 Å². The summed E-state index contributed by atoms with van der Waals surface area (Å²) in [6, 6.07) is 16.3. The second-order valence-electron chi connectivity index (χ2n) is 5.83. The van der Waals surface area contributed by atoms with Crippen LogP contribution in [0.4, 0.5) is 17.3 Å². The van der Waals surface area contributed by atoms with Crippen molar-refractivity contribution in [3.63, 3.8) is 0 Å². The number of hydrogen-bond donors (Lipinski definition) is 0. The maximum absolute atomic E-state index is 5.15. The van der Waals surface area contributed by atoms with Crippen LogP contribution in [0.2, 0.25) is 0 Å². The van der Waals surface area contributed by atoms with Crippen LogP contribution in [0.5, 0.6) is 0 Å². The molecular formula is C18H18Br2N4NiO+. The standard InChI is InChI=1S/C18H18N4O.2BrH.Ni/c1-21-15-10-6-4-8-13(15)20-18(21)22(2)16-11-7-5-9-14(16)19-17(22)12-23-3;;;/h4-11H,3,12H2,1-2H3;2*1H;/q;;;+3/p-2. The number of amidine groups is 1. The maximum Gasteiger partial charge on any atom is 3.00 e. The van der Waals surface area contributed by atoms with Gasteiger partial charge in [0.1, 0.15) is 12.3 Å². The number of quaternary nitrogens is 1. The number of hydrogen-bond acceptors (Lipinski definition) is 3. The Bertz CT molecular complexity index is 944. The van der Waals surface area contributed by atoms with Crippen molar-refractivity contribution in [2.24, 2.45) is 12.0 Å². The fourth-order valence-corrected chi connectivity index (χ4v) is 3.32. The first-order chi connectivity index (χ1) is 11.2. The Balaban J connectivity index is 0.00000113. The first kappa shape index (κ1) is 23.0. The number of para-hydroxylation sites is 4. The van der Waals surface area contributed by atoms with Gasteiger partial charge in [0.25, 0.3) is 0 Å². The number of aliphatic imine (C=N–C) groups is 1. The first-order valence-electron chi connectivity index (χ1n) is 7.49. The van der Waals surface area contributed by atoms with Crippen molar-refractivity contribution in [2.45, 2.75) is 0 Å². The number of halogens is 2. The summed E-state index contributed by atoms with van der Waals surface area (Å²) < 4.78 is 7.68. The summed E-state index contributed by atoms with van der Waals surface area (Å²) in [6.45, 7) is 0.356. The van der Waals surface area contributed by atoms with Crippen LogP contribution in [-0.4, -0.2) is 29.0 Å². The van der Waals surface area contributed by atoms with Gasteiger partial charge in [-0.05, 0) is 18.2 Å². The Hall–Kier alpha value is -1.05. The summed E-state index contributed by atoms with van der Waals surface area (Å²) >= 11 is 0. The Kier molecular flexibility index (Phi) is 7.75. The SMILES string of the molecule is [Br-].[Br-].[CH2-]OCC1=Nc2ccccc2[N+]1(C)c1nc2ccccc2n1C.[Ni+3]. The molecule has 1 aliphatic heterocycles. The zero-order valence-electron chi connectivity index (χ0n) is 14.3. The van der Waals surface area contributed by atoms with Crippen LogP contribution in [0.25, 0.3) is 11.0 Å². The molecule has 4 rings (SSSR count). The summed E-state index contributed by atoms with van der Waals surface area (Å²) in [7, 11) is 7.66. The molecule has 0 amide bonds. The van der Waals surface area contributed by atoms with Crippen molar-refractivity contribution in [1.29, 1.82) is 0 Å². The third kappa shape index (κ3) is 3.29. The van der Waals surface area contributed by atoms with Crippen molar-refractivity contribution in [3.05, 3.63) is 55.6 Å². The van der Waals surface area contributed by atoms with Gasteiger partial charge in [0.15, 0.2) is 5.69 Å². The summed E-state index contributed by atoms with van der Waals surface area (Å²) in [6.07, 6.45) is 0. The molecule has 0 bridgehead atoms. The van der Waals surface area contributed by atoms with Crippen molar-refractivity contribution in [1.82, 2.24) is 14.0 Å². The third-order valence-corrected chi connectivity index (χ3v) is 4.52. The van der Waals surface area contributed by atoms with Crippen LogP contribution in [0.3, 0.4) is 0 Å². The van der Waals surface area contributed by atoms with E-state index in [2.05, 4.69) is 30.9 Å². The van der Waals surface area contributed by atoms with E-state index < -0.39 is 0 Å². The summed E-state index contributed by atoms with van der Waals surface area (Å²) in [5.41, 5.74) is 4.12. The largest absolute Gasteiger partial charge is 3.00 e. The van der Waals surface area contributed by atoms with E-state index in [1.165, 1.54) is 0 Å². The first-order valence-corrected chi connectivity index (χ1v) is 7.49. The predicted octanol–water partition coefficient (Wildman–Crippen LogP) is -2.30. The molecule has 3 aromatic rings. The van der Waals surface area contributed by atoms with E-state index in [1.54, 1.807) is 0 Å². The Morgan fingerprint density at radius 1 is 1.08 bits per heavy atom. The molecule has 1 unspecified atom stereocenters. The smallest absolute Gasteiger partial charge is 1.00 e. The van der Waals surface area contributed by atoms with Gasteiger partial charge in [-0.1, -0.05) is 24.3 Å². The molecule has 0 fully saturated rings. The Morgan fingerprint density at radius 2 is 1.73 bits per heavy atom. The maximum atomic E-state index is 5.15. The molecule has 8 heteroatoms. The van der Waals surface area contributed by atoms with E-state index in [-0.39, 0.29) is 50.5 Å². The summed E-state index contributed by atoms with van der Waals surface area (Å²) in [4.78, 5) is 9.63. The number of ether oxygens (including phenoxy) is 1. The topological polar surface area (TPSA) is 39.4 Å². The third-order valence-electron chi connectivity index (χ3n) is 4.52. The van der Waals surface area contributed by atoms with Crippen LogP contribution in [0, 0.1) is 7.11 Å². The molecule has 139 valence electrons. The molecule has 5 nitrogen and oxygen atoms in total. The Morgan fingerprint density at radius 3 is 2.42 bits per heavy atom. The van der Waals surface area contributed by atoms with Gasteiger partial charge in [-0.15, -0.1) is 0 Å². The van der Waals surface area contributed by atoms with Gasteiger partial charge in [-0.25, -0.2) is 7.11 Å². The second-order valence-corrected chi connectivity index (χ2v) is 5.83. The van der Waals surface area contributed by atoms with Gasteiger partial charge in [-0.3, -0.25) is 4.57 Å². The molecule has 0 saturated heterocycles. The number of benzene rings is 2. The van der Waals surface area contributed by atoms with Crippen molar-refractivity contribution < 1.29 is 55.2 Å². The van der Waals surface area contributed by atoms with Crippen LogP contribution < -0.4 is 38.4 Å². The zero-order valence-corrected chi connectivity index (χ0v) is 18.5. The number of nitrogens with zero attached hydrogens (tertiary/aromatic N) is 4. The van der Waals surface area contributed by atoms with Gasteiger partial charge < -0.3 is 38.7 Å². The molecule has 1 aliphatic rings. The minimum Gasteiger partial charge on any atom is -1.00 e. The molecule has 26 heavy (non-hydrogen) atoms. The van der Waals surface area contributed by atoms with Gasteiger partial charge in [0.05, 0.1) is 18.1 Å². The van der Waals surface area contributed by atoms with Crippen LogP contribution in [0.15, 0.2) is 53.5 Å². The van der Waals surface area contributed by atoms with E-state index in [4.69, 9.17) is 14.7 Å². The minimum absolute atomic E-state index is 0. The monoisotopic (exact) mass is 522 g/mol. The average molecular weight is 525 g/mol. The zero-order chi connectivity index (χ0) is 16.0. The van der Waals surface area contributed by atoms with Gasteiger partial charge >= 0.3 is 22.4 Å². The van der Waals surface area contributed by atoms with Crippen molar-refractivity contribution in [2.75, 3.05) is 13.7 Å². The number of imidazole rings is 1. The van der Waals surface area contributed by atoms with E-state index in [1.807, 2.05) is 43.4 Å². The number of rotatable bonds is 3. The van der Waals surface area contributed by atoms with Crippen LogP contribution in [0.1, 0.15) is 0 Å². The van der Waals surface area contributed by atoms with E-state index in [0.29, 0.717) is 11.1 Å². The van der Waals surface area contributed by atoms with E-state index in [0.717, 1.165) is 34.2 Å². The summed E-state index contributed by atoms with van der Waals surface area (Å²) in [5, 5.41) is 0. The van der Waals surface area contributed by atoms with Crippen LogP contribution in [-0.2, 0) is 28.3 Å². The molecule has 2 heterocycles. The molecule has 1 aromatic heterocycles. The fourth-order valence-electron chi connectivity index (χ4n) is 3.32. The normalized spacial score (nSPS) is 17.6. The second kappa shape index (κ2) is 8.76.